The van der Waals surface area contributed by atoms with Gasteiger partial charge in [-0.05, 0) is 43.4 Å². The Balaban J connectivity index is 1.70. The highest BCUT2D eigenvalue weighted by Gasteiger charge is 2.31. The molecule has 2 amide bonds. The van der Waals surface area contributed by atoms with E-state index in [-0.39, 0.29) is 17.9 Å². The van der Waals surface area contributed by atoms with Crippen LogP contribution in [0.4, 0.5) is 9.18 Å². The molecule has 4 heteroatoms. The van der Waals surface area contributed by atoms with E-state index in [0.717, 1.165) is 37.8 Å². The summed E-state index contributed by atoms with van der Waals surface area (Å²) in [5.41, 5.74) is 0.907. The minimum atomic E-state index is -0.231. The van der Waals surface area contributed by atoms with Crippen molar-refractivity contribution in [3.05, 3.63) is 35.6 Å². The molecule has 0 spiro atoms. The van der Waals surface area contributed by atoms with Crippen LogP contribution >= 0.6 is 0 Å². The molecule has 1 aliphatic heterocycles. The molecular weight excluding hydrogens is 255 g/mol. The maximum atomic E-state index is 13.4. The van der Waals surface area contributed by atoms with Gasteiger partial charge in [0.2, 0.25) is 0 Å². The van der Waals surface area contributed by atoms with E-state index in [2.05, 4.69) is 5.32 Å². The molecule has 1 atom stereocenters. The number of hydrogen-bond donors (Lipinski definition) is 1. The van der Waals surface area contributed by atoms with Gasteiger partial charge >= 0.3 is 6.03 Å². The predicted octanol–water partition coefficient (Wildman–Crippen LogP) is 3.61. The zero-order valence-electron chi connectivity index (χ0n) is 11.6. The van der Waals surface area contributed by atoms with Crippen LogP contribution in [0.1, 0.15) is 50.1 Å². The fourth-order valence-corrected chi connectivity index (χ4v) is 3.40. The Kier molecular flexibility index (Phi) is 3.90. The van der Waals surface area contributed by atoms with E-state index in [4.69, 9.17) is 0 Å². The highest BCUT2D eigenvalue weighted by atomic mass is 19.1. The first kappa shape index (κ1) is 13.4. The molecule has 3 nitrogen and oxygen atoms in total. The monoisotopic (exact) mass is 276 g/mol. The minimum Gasteiger partial charge on any atom is -0.335 e. The third-order valence-electron chi connectivity index (χ3n) is 4.43. The molecule has 0 bridgehead atoms. The molecule has 0 radical (unpaired) electrons. The van der Waals surface area contributed by atoms with Crippen molar-refractivity contribution >= 4 is 6.03 Å². The summed E-state index contributed by atoms with van der Waals surface area (Å²) in [6.45, 7) is 0.764. The second kappa shape index (κ2) is 5.81. The summed E-state index contributed by atoms with van der Waals surface area (Å²) in [7, 11) is 0. The largest absolute Gasteiger partial charge is 0.335 e. The van der Waals surface area contributed by atoms with Gasteiger partial charge in [0.25, 0.3) is 0 Å². The Bertz CT molecular complexity index is 485. The summed E-state index contributed by atoms with van der Waals surface area (Å²) >= 11 is 0. The third kappa shape index (κ3) is 2.79. The highest BCUT2D eigenvalue weighted by Crippen LogP contribution is 2.32. The standard InChI is InChI=1S/C16H21FN2O/c17-13-6-3-5-12(11-13)15-9-4-10-19(15)16(20)18-14-7-1-2-8-14/h3,5-6,11,14-15H,1-2,4,7-10H2,(H,18,20)/t15-/m1/s1. The van der Waals surface area contributed by atoms with Crippen LogP contribution < -0.4 is 5.32 Å². The lowest BCUT2D eigenvalue weighted by atomic mass is 10.0. The Labute approximate surface area is 119 Å². The van der Waals surface area contributed by atoms with Crippen molar-refractivity contribution in [1.29, 1.82) is 0 Å². The fraction of sp³-hybridized carbons (Fsp3) is 0.562. The van der Waals surface area contributed by atoms with Gasteiger partial charge in [-0.3, -0.25) is 0 Å². The van der Waals surface area contributed by atoms with Crippen LogP contribution in [0.2, 0.25) is 0 Å². The summed E-state index contributed by atoms with van der Waals surface area (Å²) in [6, 6.07) is 6.99. The lowest BCUT2D eigenvalue weighted by molar-refractivity contribution is 0.189. The summed E-state index contributed by atoms with van der Waals surface area (Å²) in [5, 5.41) is 3.13. The van der Waals surface area contributed by atoms with E-state index >= 15 is 0 Å². The molecule has 1 N–H and O–H groups in total. The number of rotatable bonds is 2. The Hall–Kier alpha value is -1.58. The van der Waals surface area contributed by atoms with Gasteiger partial charge in [-0.15, -0.1) is 0 Å². The number of carbonyl (C=O) groups is 1. The number of likely N-dealkylation sites (tertiary alicyclic amines) is 1. The van der Waals surface area contributed by atoms with Gasteiger partial charge in [0, 0.05) is 12.6 Å². The van der Waals surface area contributed by atoms with Crippen LogP contribution in [0, 0.1) is 5.82 Å². The molecule has 2 aliphatic rings. The number of nitrogens with one attached hydrogen (secondary N) is 1. The van der Waals surface area contributed by atoms with Gasteiger partial charge in [-0.2, -0.15) is 0 Å². The normalized spacial score (nSPS) is 23.2. The topological polar surface area (TPSA) is 32.3 Å². The van der Waals surface area contributed by atoms with Crippen molar-refractivity contribution in [3.63, 3.8) is 0 Å². The molecule has 1 heterocycles. The molecular formula is C16H21FN2O. The van der Waals surface area contributed by atoms with E-state index in [9.17, 15) is 9.18 Å². The molecule has 2 fully saturated rings. The first-order chi connectivity index (χ1) is 9.74. The number of halogens is 1. The predicted molar refractivity (Wildman–Crippen MR) is 75.9 cm³/mol. The lowest BCUT2D eigenvalue weighted by Gasteiger charge is -2.27. The summed E-state index contributed by atoms with van der Waals surface area (Å²) < 4.78 is 13.4. The molecule has 3 rings (SSSR count). The second-order valence-electron chi connectivity index (χ2n) is 5.84. The molecule has 1 aliphatic carbocycles. The third-order valence-corrected chi connectivity index (χ3v) is 4.43. The molecule has 1 aromatic carbocycles. The lowest BCUT2D eigenvalue weighted by Crippen LogP contribution is -2.43. The molecule has 1 saturated heterocycles. The molecule has 108 valence electrons. The number of benzene rings is 1. The fourth-order valence-electron chi connectivity index (χ4n) is 3.40. The Morgan fingerprint density at radius 2 is 2.00 bits per heavy atom. The average molecular weight is 276 g/mol. The zero-order valence-corrected chi connectivity index (χ0v) is 11.6. The van der Waals surface area contributed by atoms with Gasteiger partial charge in [-0.25, -0.2) is 9.18 Å². The molecule has 0 aromatic heterocycles. The number of nitrogens with zero attached hydrogens (tertiary/aromatic N) is 1. The van der Waals surface area contributed by atoms with E-state index in [1.807, 2.05) is 11.0 Å². The van der Waals surface area contributed by atoms with Crippen LogP contribution in [0.25, 0.3) is 0 Å². The maximum absolute atomic E-state index is 13.4. The average Bonchev–Trinajstić information content (AvgIpc) is 3.09. The smallest absolute Gasteiger partial charge is 0.318 e. The molecule has 20 heavy (non-hydrogen) atoms. The second-order valence-corrected chi connectivity index (χ2v) is 5.84. The van der Waals surface area contributed by atoms with Crippen molar-refractivity contribution in [2.45, 2.75) is 50.6 Å². The highest BCUT2D eigenvalue weighted by molar-refractivity contribution is 5.75. The number of urea groups is 1. The van der Waals surface area contributed by atoms with Crippen LogP contribution in [0.15, 0.2) is 24.3 Å². The van der Waals surface area contributed by atoms with Crippen LogP contribution in [0.5, 0.6) is 0 Å². The van der Waals surface area contributed by atoms with Crippen molar-refractivity contribution in [2.75, 3.05) is 6.54 Å². The van der Waals surface area contributed by atoms with Crippen LogP contribution in [0.3, 0.4) is 0 Å². The van der Waals surface area contributed by atoms with Gasteiger partial charge in [-0.1, -0.05) is 25.0 Å². The van der Waals surface area contributed by atoms with E-state index in [1.165, 1.54) is 18.9 Å². The first-order valence-corrected chi connectivity index (χ1v) is 7.56. The summed E-state index contributed by atoms with van der Waals surface area (Å²) in [5.74, 6) is -0.231. The van der Waals surface area contributed by atoms with Crippen molar-refractivity contribution < 1.29 is 9.18 Å². The molecule has 1 saturated carbocycles. The van der Waals surface area contributed by atoms with Gasteiger partial charge in [0.1, 0.15) is 5.82 Å². The quantitative estimate of drug-likeness (QED) is 0.879. The number of amides is 2. The van der Waals surface area contributed by atoms with Gasteiger partial charge in [0.05, 0.1) is 6.04 Å². The van der Waals surface area contributed by atoms with E-state index < -0.39 is 0 Å². The van der Waals surface area contributed by atoms with Crippen LogP contribution in [-0.4, -0.2) is 23.5 Å². The zero-order chi connectivity index (χ0) is 13.9. The van der Waals surface area contributed by atoms with Gasteiger partial charge in [0.15, 0.2) is 0 Å². The van der Waals surface area contributed by atoms with Crippen molar-refractivity contribution in [3.8, 4) is 0 Å². The number of carbonyl (C=O) groups excluding carboxylic acids is 1. The van der Waals surface area contributed by atoms with Crippen LogP contribution in [-0.2, 0) is 0 Å². The Morgan fingerprint density at radius 3 is 2.75 bits per heavy atom. The Morgan fingerprint density at radius 1 is 1.20 bits per heavy atom. The molecule has 0 unspecified atom stereocenters. The maximum Gasteiger partial charge on any atom is 0.318 e. The van der Waals surface area contributed by atoms with E-state index in [0.29, 0.717) is 6.04 Å². The number of hydrogen-bond acceptors (Lipinski definition) is 1. The summed E-state index contributed by atoms with van der Waals surface area (Å²) in [6.07, 6.45) is 6.49. The minimum absolute atomic E-state index is 0.0173. The van der Waals surface area contributed by atoms with E-state index in [1.54, 1.807) is 12.1 Å². The van der Waals surface area contributed by atoms with Crippen molar-refractivity contribution in [1.82, 2.24) is 10.2 Å². The molecule has 1 aromatic rings. The van der Waals surface area contributed by atoms with Gasteiger partial charge < -0.3 is 10.2 Å². The first-order valence-electron chi connectivity index (χ1n) is 7.56. The summed E-state index contributed by atoms with van der Waals surface area (Å²) in [4.78, 5) is 14.3. The van der Waals surface area contributed by atoms with Crippen molar-refractivity contribution in [2.24, 2.45) is 0 Å². The SMILES string of the molecule is O=C(NC1CCCC1)N1CCC[C@@H]1c1cccc(F)c1.